The van der Waals surface area contributed by atoms with Crippen molar-refractivity contribution >= 4 is 35.8 Å². The molecule has 1 aromatic carbocycles. The number of nitro groups is 1. The molecule has 6 nitrogen and oxygen atoms in total. The van der Waals surface area contributed by atoms with E-state index >= 15 is 0 Å². The van der Waals surface area contributed by atoms with E-state index in [0.29, 0.717) is 29.5 Å². The number of benzene rings is 1. The first-order valence-corrected chi connectivity index (χ1v) is 9.33. The Morgan fingerprint density at radius 3 is 2.60 bits per heavy atom. The van der Waals surface area contributed by atoms with Crippen LogP contribution in [0.4, 0.5) is 5.69 Å². The van der Waals surface area contributed by atoms with Gasteiger partial charge in [-0.3, -0.25) is 14.9 Å². The minimum atomic E-state index is -0.402. The summed E-state index contributed by atoms with van der Waals surface area (Å²) >= 11 is 1.48. The minimum absolute atomic E-state index is 0. The highest BCUT2D eigenvalue weighted by molar-refractivity contribution is 7.99. The van der Waals surface area contributed by atoms with Crippen molar-refractivity contribution in [1.82, 2.24) is 4.90 Å². The number of hydrogen-bond donors (Lipinski definition) is 1. The summed E-state index contributed by atoms with van der Waals surface area (Å²) in [6, 6.07) is 4.95. The van der Waals surface area contributed by atoms with E-state index in [1.807, 2.05) is 0 Å². The van der Waals surface area contributed by atoms with Gasteiger partial charge in [0.2, 0.25) is 0 Å². The lowest BCUT2D eigenvalue weighted by Gasteiger charge is -2.30. The highest BCUT2D eigenvalue weighted by atomic mass is 35.5. The van der Waals surface area contributed by atoms with Crippen LogP contribution in [0, 0.1) is 16.0 Å². The maximum absolute atomic E-state index is 12.6. The average molecular weight is 388 g/mol. The number of rotatable bonds is 6. The molecule has 2 rings (SSSR count). The van der Waals surface area contributed by atoms with E-state index in [1.54, 1.807) is 17.0 Å². The molecule has 1 aliphatic rings. The molecule has 0 aliphatic carbocycles. The SMILES string of the molecule is CC(C)CCSc1ccc(C(=O)N2CCC(N)CC2)cc1[N+](=O)[O-].Cl. The van der Waals surface area contributed by atoms with E-state index in [9.17, 15) is 14.9 Å². The van der Waals surface area contributed by atoms with E-state index < -0.39 is 4.92 Å². The molecule has 140 valence electrons. The zero-order chi connectivity index (χ0) is 17.7. The number of carbonyl (C=O) groups is 1. The molecule has 2 N–H and O–H groups in total. The number of nitro benzene ring substituents is 1. The fourth-order valence-electron chi connectivity index (χ4n) is 2.60. The summed E-state index contributed by atoms with van der Waals surface area (Å²) in [7, 11) is 0. The number of carbonyl (C=O) groups excluding carboxylic acids is 1. The predicted molar refractivity (Wildman–Crippen MR) is 104 cm³/mol. The third-order valence-corrected chi connectivity index (χ3v) is 5.28. The first-order chi connectivity index (χ1) is 11.4. The van der Waals surface area contributed by atoms with Gasteiger partial charge in [-0.2, -0.15) is 0 Å². The topological polar surface area (TPSA) is 89.5 Å². The van der Waals surface area contributed by atoms with Crippen LogP contribution in [0.3, 0.4) is 0 Å². The normalized spacial score (nSPS) is 15.1. The molecule has 1 heterocycles. The standard InChI is InChI=1S/C17H25N3O3S.ClH/c1-12(2)7-10-24-16-4-3-13(11-15(16)20(22)23)17(21)19-8-5-14(18)6-9-19;/h3-4,11-12,14H,5-10,18H2,1-2H3;1H. The third kappa shape index (κ3) is 6.17. The minimum Gasteiger partial charge on any atom is -0.339 e. The summed E-state index contributed by atoms with van der Waals surface area (Å²) in [6.45, 7) is 5.47. The van der Waals surface area contributed by atoms with Gasteiger partial charge in [0.05, 0.1) is 9.82 Å². The second kappa shape index (κ2) is 9.99. The molecule has 1 fully saturated rings. The maximum atomic E-state index is 12.6. The van der Waals surface area contributed by atoms with Crippen molar-refractivity contribution in [3.8, 4) is 0 Å². The van der Waals surface area contributed by atoms with E-state index in [0.717, 1.165) is 25.0 Å². The Balaban J connectivity index is 0.00000312. The van der Waals surface area contributed by atoms with E-state index in [-0.39, 0.29) is 30.0 Å². The quantitative estimate of drug-likeness (QED) is 0.456. The molecule has 0 radical (unpaired) electrons. The number of likely N-dealkylation sites (tertiary alicyclic amines) is 1. The molecule has 1 amide bonds. The van der Waals surface area contributed by atoms with Gasteiger partial charge >= 0.3 is 0 Å². The van der Waals surface area contributed by atoms with Crippen LogP contribution in [-0.4, -0.2) is 40.6 Å². The summed E-state index contributed by atoms with van der Waals surface area (Å²) in [5.74, 6) is 1.24. The van der Waals surface area contributed by atoms with Gasteiger partial charge in [-0.25, -0.2) is 0 Å². The summed E-state index contributed by atoms with van der Waals surface area (Å²) in [4.78, 5) is 25.9. The zero-order valence-electron chi connectivity index (χ0n) is 14.6. The van der Waals surface area contributed by atoms with Crippen LogP contribution >= 0.6 is 24.2 Å². The van der Waals surface area contributed by atoms with Crippen molar-refractivity contribution in [2.24, 2.45) is 11.7 Å². The molecule has 0 spiro atoms. The molecule has 1 aromatic rings. The maximum Gasteiger partial charge on any atom is 0.283 e. The van der Waals surface area contributed by atoms with Gasteiger partial charge < -0.3 is 10.6 Å². The molecule has 0 unspecified atom stereocenters. The number of piperidine rings is 1. The molecule has 0 aromatic heterocycles. The van der Waals surface area contributed by atoms with Gasteiger partial charge in [0.25, 0.3) is 11.6 Å². The van der Waals surface area contributed by atoms with Crippen molar-refractivity contribution in [2.75, 3.05) is 18.8 Å². The van der Waals surface area contributed by atoms with Crippen LogP contribution < -0.4 is 5.73 Å². The van der Waals surface area contributed by atoms with Crippen molar-refractivity contribution in [3.05, 3.63) is 33.9 Å². The molecular weight excluding hydrogens is 362 g/mol. The van der Waals surface area contributed by atoms with Crippen LogP contribution in [0.15, 0.2) is 23.1 Å². The first kappa shape index (κ1) is 21.7. The van der Waals surface area contributed by atoms with Gasteiger partial charge in [-0.1, -0.05) is 13.8 Å². The largest absolute Gasteiger partial charge is 0.339 e. The fraction of sp³-hybridized carbons (Fsp3) is 0.588. The second-order valence-electron chi connectivity index (χ2n) is 6.60. The Hall–Kier alpha value is -1.31. The smallest absolute Gasteiger partial charge is 0.283 e. The number of nitrogens with two attached hydrogens (primary N) is 1. The number of amides is 1. The molecule has 8 heteroatoms. The first-order valence-electron chi connectivity index (χ1n) is 8.34. The molecule has 1 aliphatic heterocycles. The number of hydrogen-bond acceptors (Lipinski definition) is 5. The van der Waals surface area contributed by atoms with Crippen molar-refractivity contribution in [1.29, 1.82) is 0 Å². The summed E-state index contributed by atoms with van der Waals surface area (Å²) in [6.07, 6.45) is 2.55. The summed E-state index contributed by atoms with van der Waals surface area (Å²) in [5, 5.41) is 11.4. The zero-order valence-corrected chi connectivity index (χ0v) is 16.3. The Morgan fingerprint density at radius 1 is 1.40 bits per heavy atom. The van der Waals surface area contributed by atoms with E-state index in [2.05, 4.69) is 13.8 Å². The highest BCUT2D eigenvalue weighted by Gasteiger charge is 2.24. The van der Waals surface area contributed by atoms with Crippen molar-refractivity contribution in [3.63, 3.8) is 0 Å². The van der Waals surface area contributed by atoms with Gasteiger partial charge in [0.1, 0.15) is 0 Å². The van der Waals surface area contributed by atoms with Crippen LogP contribution in [0.25, 0.3) is 0 Å². The Bertz CT molecular complexity index is 605. The van der Waals surface area contributed by atoms with Gasteiger partial charge in [0.15, 0.2) is 0 Å². The van der Waals surface area contributed by atoms with Gasteiger partial charge in [-0.15, -0.1) is 24.2 Å². The lowest BCUT2D eigenvalue weighted by Crippen LogP contribution is -2.42. The lowest BCUT2D eigenvalue weighted by atomic mass is 10.0. The lowest BCUT2D eigenvalue weighted by molar-refractivity contribution is -0.387. The summed E-state index contributed by atoms with van der Waals surface area (Å²) in [5.41, 5.74) is 6.25. The third-order valence-electron chi connectivity index (χ3n) is 4.18. The second-order valence-corrected chi connectivity index (χ2v) is 7.74. The van der Waals surface area contributed by atoms with Gasteiger partial charge in [-0.05, 0) is 43.1 Å². The average Bonchev–Trinajstić information content (AvgIpc) is 2.54. The fourth-order valence-corrected chi connectivity index (χ4v) is 3.86. The van der Waals surface area contributed by atoms with Gasteiger partial charge in [0, 0.05) is 30.8 Å². The number of thioether (sulfide) groups is 1. The van der Waals surface area contributed by atoms with Crippen molar-refractivity contribution in [2.45, 2.75) is 44.0 Å². The number of halogens is 1. The molecule has 0 saturated carbocycles. The van der Waals surface area contributed by atoms with E-state index in [1.165, 1.54) is 17.8 Å². The molecule has 25 heavy (non-hydrogen) atoms. The van der Waals surface area contributed by atoms with Crippen molar-refractivity contribution < 1.29 is 9.72 Å². The Labute approximate surface area is 159 Å². The summed E-state index contributed by atoms with van der Waals surface area (Å²) < 4.78 is 0. The van der Waals surface area contributed by atoms with Crippen LogP contribution in [0.5, 0.6) is 0 Å². The predicted octanol–water partition coefficient (Wildman–Crippen LogP) is 3.72. The molecule has 0 atom stereocenters. The molecule has 1 saturated heterocycles. The molecular formula is C17H26ClN3O3S. The van der Waals surface area contributed by atoms with E-state index in [4.69, 9.17) is 5.73 Å². The van der Waals surface area contributed by atoms with Crippen LogP contribution in [-0.2, 0) is 0 Å². The Kier molecular flexibility index (Phi) is 8.68. The monoisotopic (exact) mass is 387 g/mol. The highest BCUT2D eigenvalue weighted by Crippen LogP contribution is 2.31. The Morgan fingerprint density at radius 2 is 2.04 bits per heavy atom. The van der Waals surface area contributed by atoms with Crippen LogP contribution in [0.2, 0.25) is 0 Å². The van der Waals surface area contributed by atoms with Crippen LogP contribution in [0.1, 0.15) is 43.5 Å². The molecule has 0 bridgehead atoms. The number of nitrogens with zero attached hydrogens (tertiary/aromatic N) is 2.